The molecule has 0 radical (unpaired) electrons. The molecule has 0 amide bonds. The quantitative estimate of drug-likeness (QED) is 0.690. The zero-order valence-electron chi connectivity index (χ0n) is 8.76. The largest absolute Gasteiger partial charge is 0.372 e. The third-order valence-electron chi connectivity index (χ3n) is 2.61. The molecule has 1 saturated heterocycles. The Kier molecular flexibility index (Phi) is 3.54. The van der Waals surface area contributed by atoms with Gasteiger partial charge in [0.05, 0.1) is 25.4 Å². The summed E-state index contributed by atoms with van der Waals surface area (Å²) in [4.78, 5) is 0. The standard InChI is InChI=1S/C13H16O2/c1-2-12-10-13(15-9-8-14-12)11-6-4-3-5-7-11/h2-7,12-13H,1,8-10H2. The lowest BCUT2D eigenvalue weighted by molar-refractivity contribution is 0.0518. The predicted octanol–water partition coefficient (Wildman–Crippen LogP) is 2.72. The molecule has 0 aromatic heterocycles. The molecular weight excluding hydrogens is 188 g/mol. The van der Waals surface area contributed by atoms with Crippen LogP contribution in [0.3, 0.4) is 0 Å². The van der Waals surface area contributed by atoms with Crippen molar-refractivity contribution in [3.05, 3.63) is 48.6 Å². The molecular formula is C13H16O2. The van der Waals surface area contributed by atoms with Crippen molar-refractivity contribution in [2.24, 2.45) is 0 Å². The van der Waals surface area contributed by atoms with Gasteiger partial charge in [0, 0.05) is 6.42 Å². The van der Waals surface area contributed by atoms with Crippen LogP contribution in [0.5, 0.6) is 0 Å². The first-order valence-electron chi connectivity index (χ1n) is 5.31. The number of benzene rings is 1. The maximum Gasteiger partial charge on any atom is 0.0854 e. The highest BCUT2D eigenvalue weighted by atomic mass is 16.5. The van der Waals surface area contributed by atoms with Gasteiger partial charge in [0.25, 0.3) is 0 Å². The van der Waals surface area contributed by atoms with E-state index in [9.17, 15) is 0 Å². The molecule has 0 aliphatic carbocycles. The maximum atomic E-state index is 5.75. The number of hydrogen-bond acceptors (Lipinski definition) is 2. The van der Waals surface area contributed by atoms with Crippen LogP contribution in [-0.2, 0) is 9.47 Å². The number of rotatable bonds is 2. The summed E-state index contributed by atoms with van der Waals surface area (Å²) in [5, 5.41) is 0. The zero-order chi connectivity index (χ0) is 10.5. The first-order chi connectivity index (χ1) is 7.40. The van der Waals surface area contributed by atoms with Gasteiger partial charge < -0.3 is 9.47 Å². The van der Waals surface area contributed by atoms with Crippen LogP contribution in [0.15, 0.2) is 43.0 Å². The van der Waals surface area contributed by atoms with Crippen molar-refractivity contribution < 1.29 is 9.47 Å². The normalized spacial score (nSPS) is 26.9. The van der Waals surface area contributed by atoms with E-state index in [1.165, 1.54) is 5.56 Å². The van der Waals surface area contributed by atoms with Gasteiger partial charge in [0.15, 0.2) is 0 Å². The molecule has 1 aromatic carbocycles. The number of hydrogen-bond donors (Lipinski definition) is 0. The highest BCUT2D eigenvalue weighted by molar-refractivity contribution is 5.18. The lowest BCUT2D eigenvalue weighted by Crippen LogP contribution is -2.11. The SMILES string of the molecule is C=CC1CC(c2ccccc2)OCCO1. The fraction of sp³-hybridized carbons (Fsp3) is 0.385. The lowest BCUT2D eigenvalue weighted by atomic mass is 10.0. The molecule has 2 unspecified atom stereocenters. The summed E-state index contributed by atoms with van der Waals surface area (Å²) >= 11 is 0. The van der Waals surface area contributed by atoms with Crippen LogP contribution in [0.2, 0.25) is 0 Å². The van der Waals surface area contributed by atoms with Crippen molar-refractivity contribution in [1.82, 2.24) is 0 Å². The van der Waals surface area contributed by atoms with Gasteiger partial charge in [-0.2, -0.15) is 0 Å². The summed E-state index contributed by atoms with van der Waals surface area (Å²) in [5.74, 6) is 0. The smallest absolute Gasteiger partial charge is 0.0854 e. The molecule has 2 nitrogen and oxygen atoms in total. The minimum Gasteiger partial charge on any atom is -0.372 e. The Hall–Kier alpha value is -1.12. The summed E-state index contributed by atoms with van der Waals surface area (Å²) < 4.78 is 11.3. The summed E-state index contributed by atoms with van der Waals surface area (Å²) in [6.07, 6.45) is 2.95. The van der Waals surface area contributed by atoms with Crippen molar-refractivity contribution in [2.45, 2.75) is 18.6 Å². The average Bonchev–Trinajstić information content (AvgIpc) is 2.55. The Morgan fingerprint density at radius 3 is 2.60 bits per heavy atom. The van der Waals surface area contributed by atoms with Crippen LogP contribution in [0.4, 0.5) is 0 Å². The monoisotopic (exact) mass is 204 g/mol. The Balaban J connectivity index is 2.10. The van der Waals surface area contributed by atoms with Crippen molar-refractivity contribution >= 4 is 0 Å². The van der Waals surface area contributed by atoms with Crippen LogP contribution < -0.4 is 0 Å². The van der Waals surface area contributed by atoms with Gasteiger partial charge in [-0.1, -0.05) is 36.4 Å². The van der Waals surface area contributed by atoms with Crippen LogP contribution in [0.1, 0.15) is 18.1 Å². The first kappa shape index (κ1) is 10.4. The lowest BCUT2D eigenvalue weighted by Gasteiger charge is -2.17. The summed E-state index contributed by atoms with van der Waals surface area (Å²) in [6, 6.07) is 10.3. The fourth-order valence-electron chi connectivity index (χ4n) is 1.80. The molecule has 1 fully saturated rings. The molecule has 80 valence electrons. The van der Waals surface area contributed by atoms with Gasteiger partial charge in [-0.25, -0.2) is 0 Å². The van der Waals surface area contributed by atoms with Crippen molar-refractivity contribution in [2.75, 3.05) is 13.2 Å². The van der Waals surface area contributed by atoms with E-state index in [0.29, 0.717) is 13.2 Å². The minimum absolute atomic E-state index is 0.109. The molecule has 2 atom stereocenters. The van der Waals surface area contributed by atoms with E-state index in [0.717, 1.165) is 6.42 Å². The molecule has 0 saturated carbocycles. The van der Waals surface area contributed by atoms with Crippen molar-refractivity contribution in [3.8, 4) is 0 Å². The minimum atomic E-state index is 0.109. The predicted molar refractivity (Wildman–Crippen MR) is 59.7 cm³/mol. The molecule has 1 aliphatic rings. The Labute approximate surface area is 90.5 Å². The highest BCUT2D eigenvalue weighted by Crippen LogP contribution is 2.26. The third kappa shape index (κ3) is 2.67. The first-order valence-corrected chi connectivity index (χ1v) is 5.31. The molecule has 2 rings (SSSR count). The number of ether oxygens (including phenoxy) is 2. The second kappa shape index (κ2) is 5.10. The molecule has 1 heterocycles. The Bertz CT molecular complexity index is 308. The third-order valence-corrected chi connectivity index (χ3v) is 2.61. The summed E-state index contributed by atoms with van der Waals surface area (Å²) in [7, 11) is 0. The average molecular weight is 204 g/mol. The van der Waals surface area contributed by atoms with E-state index in [1.807, 2.05) is 24.3 Å². The fourth-order valence-corrected chi connectivity index (χ4v) is 1.80. The van der Waals surface area contributed by atoms with Crippen LogP contribution >= 0.6 is 0 Å². The van der Waals surface area contributed by atoms with E-state index in [-0.39, 0.29) is 12.2 Å². The van der Waals surface area contributed by atoms with Gasteiger partial charge in [0.1, 0.15) is 0 Å². The molecule has 0 N–H and O–H groups in total. The second-order valence-electron chi connectivity index (χ2n) is 3.65. The van der Waals surface area contributed by atoms with E-state index >= 15 is 0 Å². The molecule has 0 spiro atoms. The Morgan fingerprint density at radius 2 is 1.87 bits per heavy atom. The van der Waals surface area contributed by atoms with Gasteiger partial charge in [-0.05, 0) is 5.56 Å². The van der Waals surface area contributed by atoms with Gasteiger partial charge in [-0.3, -0.25) is 0 Å². The van der Waals surface area contributed by atoms with Crippen molar-refractivity contribution in [1.29, 1.82) is 0 Å². The van der Waals surface area contributed by atoms with Crippen molar-refractivity contribution in [3.63, 3.8) is 0 Å². The van der Waals surface area contributed by atoms with Gasteiger partial charge in [-0.15, -0.1) is 6.58 Å². The maximum absolute atomic E-state index is 5.75. The van der Waals surface area contributed by atoms with Crippen LogP contribution in [0, 0.1) is 0 Å². The van der Waals surface area contributed by atoms with E-state index in [1.54, 1.807) is 0 Å². The van der Waals surface area contributed by atoms with E-state index in [4.69, 9.17) is 9.47 Å². The second-order valence-corrected chi connectivity index (χ2v) is 3.65. The molecule has 0 bridgehead atoms. The molecule has 2 heteroatoms. The van der Waals surface area contributed by atoms with Gasteiger partial charge in [0.2, 0.25) is 0 Å². The highest BCUT2D eigenvalue weighted by Gasteiger charge is 2.20. The van der Waals surface area contributed by atoms with E-state index in [2.05, 4.69) is 18.7 Å². The summed E-state index contributed by atoms with van der Waals surface area (Å²) in [6.45, 7) is 5.08. The molecule has 15 heavy (non-hydrogen) atoms. The van der Waals surface area contributed by atoms with E-state index < -0.39 is 0 Å². The molecule has 1 aliphatic heterocycles. The molecule has 1 aromatic rings. The van der Waals surface area contributed by atoms with Gasteiger partial charge >= 0.3 is 0 Å². The van der Waals surface area contributed by atoms with Crippen LogP contribution in [-0.4, -0.2) is 19.3 Å². The topological polar surface area (TPSA) is 18.5 Å². The summed E-state index contributed by atoms with van der Waals surface area (Å²) in [5.41, 5.74) is 1.22. The zero-order valence-corrected chi connectivity index (χ0v) is 8.76. The Morgan fingerprint density at radius 1 is 1.13 bits per heavy atom. The van der Waals surface area contributed by atoms with Crippen LogP contribution in [0.25, 0.3) is 0 Å².